The van der Waals surface area contributed by atoms with Gasteiger partial charge in [0, 0.05) is 12.8 Å². The number of hydrogen-bond donors (Lipinski definition) is 0. The van der Waals surface area contributed by atoms with Gasteiger partial charge in [0.2, 0.25) is 0 Å². The first-order valence-corrected chi connectivity index (χ1v) is 3.08. The Labute approximate surface area is 52.3 Å². The average molecular weight is 109 g/mol. The molecule has 0 saturated heterocycles. The minimum absolute atomic E-state index is 0.539. The molecule has 0 bridgehead atoms. The summed E-state index contributed by atoms with van der Waals surface area (Å²) < 4.78 is 0. The fourth-order valence-corrected chi connectivity index (χ4v) is 0.679. The van der Waals surface area contributed by atoms with Crippen LogP contribution in [0.1, 0.15) is 26.7 Å². The number of hydrogen-bond acceptors (Lipinski definition) is 0. The second-order valence-corrected chi connectivity index (χ2v) is 2.01. The Kier molecular flexibility index (Phi) is 4.45. The Bertz CT molecular complexity index is 92.3. The van der Waals surface area contributed by atoms with Gasteiger partial charge in [-0.3, -0.25) is 0 Å². The van der Waals surface area contributed by atoms with Crippen LogP contribution in [-0.4, -0.2) is 0 Å². The van der Waals surface area contributed by atoms with E-state index < -0.39 is 0 Å². The molecule has 0 fully saturated rings. The Morgan fingerprint density at radius 1 is 1.62 bits per heavy atom. The van der Waals surface area contributed by atoms with Crippen molar-refractivity contribution in [3.8, 4) is 11.8 Å². The maximum absolute atomic E-state index is 3.45. The SMILES string of the molecule is [CH2]C#CC(C)CCC. The van der Waals surface area contributed by atoms with Gasteiger partial charge < -0.3 is 0 Å². The van der Waals surface area contributed by atoms with Gasteiger partial charge in [0.25, 0.3) is 0 Å². The van der Waals surface area contributed by atoms with Crippen molar-refractivity contribution in [3.05, 3.63) is 6.92 Å². The maximum Gasteiger partial charge on any atom is 0.0199 e. The molecular weight excluding hydrogens is 96.1 g/mol. The molecule has 0 rings (SSSR count). The minimum Gasteiger partial charge on any atom is -0.102 e. The monoisotopic (exact) mass is 109 g/mol. The van der Waals surface area contributed by atoms with E-state index in [0.717, 1.165) is 0 Å². The normalized spacial score (nSPS) is 11.9. The maximum atomic E-state index is 3.45. The fourth-order valence-electron chi connectivity index (χ4n) is 0.679. The van der Waals surface area contributed by atoms with Crippen molar-refractivity contribution in [1.29, 1.82) is 0 Å². The molecule has 0 spiro atoms. The molecule has 0 nitrogen and oxygen atoms in total. The van der Waals surface area contributed by atoms with Gasteiger partial charge in [-0.2, -0.15) is 0 Å². The molecule has 0 heterocycles. The Hall–Kier alpha value is -0.440. The summed E-state index contributed by atoms with van der Waals surface area (Å²) in [7, 11) is 0. The molecule has 8 heavy (non-hydrogen) atoms. The summed E-state index contributed by atoms with van der Waals surface area (Å²) in [5.41, 5.74) is 0. The van der Waals surface area contributed by atoms with Crippen LogP contribution in [0.2, 0.25) is 0 Å². The molecule has 0 aliphatic carbocycles. The summed E-state index contributed by atoms with van der Waals surface area (Å²) in [5.74, 6) is 6.18. The summed E-state index contributed by atoms with van der Waals surface area (Å²) in [6.07, 6.45) is 2.42. The third kappa shape index (κ3) is 3.74. The Morgan fingerprint density at radius 2 is 2.25 bits per heavy atom. The molecule has 0 amide bonds. The van der Waals surface area contributed by atoms with Gasteiger partial charge in [-0.1, -0.05) is 20.3 Å². The van der Waals surface area contributed by atoms with Crippen molar-refractivity contribution < 1.29 is 0 Å². The third-order valence-corrected chi connectivity index (χ3v) is 1.07. The zero-order valence-corrected chi connectivity index (χ0v) is 5.70. The van der Waals surface area contributed by atoms with E-state index in [4.69, 9.17) is 0 Å². The van der Waals surface area contributed by atoms with Crippen molar-refractivity contribution in [3.63, 3.8) is 0 Å². The molecule has 0 aromatic carbocycles. The van der Waals surface area contributed by atoms with Crippen LogP contribution in [-0.2, 0) is 0 Å². The summed E-state index contributed by atoms with van der Waals surface area (Å²) >= 11 is 0. The van der Waals surface area contributed by atoms with Gasteiger partial charge in [-0.25, -0.2) is 0 Å². The Morgan fingerprint density at radius 3 is 2.62 bits per heavy atom. The molecule has 0 aliphatic heterocycles. The van der Waals surface area contributed by atoms with Gasteiger partial charge in [-0.05, 0) is 6.42 Å². The van der Waals surface area contributed by atoms with Gasteiger partial charge >= 0.3 is 0 Å². The second kappa shape index (κ2) is 4.71. The fraction of sp³-hybridized carbons (Fsp3) is 0.625. The predicted octanol–water partition coefficient (Wildman–Crippen LogP) is 2.26. The van der Waals surface area contributed by atoms with Crippen molar-refractivity contribution in [2.75, 3.05) is 0 Å². The van der Waals surface area contributed by atoms with Gasteiger partial charge in [0.1, 0.15) is 0 Å². The highest BCUT2D eigenvalue weighted by Crippen LogP contribution is 2.01. The molecule has 1 atom stereocenters. The van der Waals surface area contributed by atoms with Crippen molar-refractivity contribution in [2.45, 2.75) is 26.7 Å². The number of rotatable bonds is 2. The lowest BCUT2D eigenvalue weighted by Crippen LogP contribution is -1.86. The first-order chi connectivity index (χ1) is 3.81. The van der Waals surface area contributed by atoms with Gasteiger partial charge in [0.05, 0.1) is 0 Å². The van der Waals surface area contributed by atoms with Crippen LogP contribution in [0, 0.1) is 24.7 Å². The quantitative estimate of drug-likeness (QED) is 0.477. The highest BCUT2D eigenvalue weighted by Gasteiger charge is 1.90. The summed E-state index contributed by atoms with van der Waals surface area (Å²) in [6.45, 7) is 7.74. The standard InChI is InChI=1S/C8H13/c1-4-6-8(3)7-5-2/h8H,1,5,7H2,2-3H3. The minimum atomic E-state index is 0.539. The van der Waals surface area contributed by atoms with Crippen LogP contribution >= 0.6 is 0 Å². The summed E-state index contributed by atoms with van der Waals surface area (Å²) in [6, 6.07) is 0. The van der Waals surface area contributed by atoms with Gasteiger partial charge in [0.15, 0.2) is 0 Å². The van der Waals surface area contributed by atoms with E-state index in [0.29, 0.717) is 5.92 Å². The molecule has 0 N–H and O–H groups in total. The molecule has 0 aromatic heterocycles. The zero-order chi connectivity index (χ0) is 6.41. The average Bonchev–Trinajstić information content (AvgIpc) is 1.68. The lowest BCUT2D eigenvalue weighted by Gasteiger charge is -1.96. The topological polar surface area (TPSA) is 0 Å². The van der Waals surface area contributed by atoms with Crippen LogP contribution in [0.15, 0.2) is 0 Å². The van der Waals surface area contributed by atoms with Crippen LogP contribution in [0.25, 0.3) is 0 Å². The van der Waals surface area contributed by atoms with Gasteiger partial charge in [-0.15, -0.1) is 11.8 Å². The lowest BCUT2D eigenvalue weighted by molar-refractivity contribution is 0.653. The first-order valence-electron chi connectivity index (χ1n) is 3.08. The highest BCUT2D eigenvalue weighted by molar-refractivity contribution is 5.04. The van der Waals surface area contributed by atoms with E-state index >= 15 is 0 Å². The molecule has 1 radical (unpaired) electrons. The van der Waals surface area contributed by atoms with Crippen LogP contribution in [0.5, 0.6) is 0 Å². The highest BCUT2D eigenvalue weighted by atomic mass is 13.9. The van der Waals surface area contributed by atoms with E-state index in [1.165, 1.54) is 12.8 Å². The molecule has 0 aliphatic rings. The summed E-state index contributed by atoms with van der Waals surface area (Å²) in [5, 5.41) is 0. The molecule has 0 saturated carbocycles. The van der Waals surface area contributed by atoms with Crippen LogP contribution < -0.4 is 0 Å². The second-order valence-electron chi connectivity index (χ2n) is 2.01. The van der Waals surface area contributed by atoms with E-state index in [9.17, 15) is 0 Å². The van der Waals surface area contributed by atoms with Crippen molar-refractivity contribution in [2.24, 2.45) is 5.92 Å². The smallest absolute Gasteiger partial charge is 0.0199 e. The van der Waals surface area contributed by atoms with E-state index in [2.05, 4.69) is 32.6 Å². The molecule has 1 unspecified atom stereocenters. The van der Waals surface area contributed by atoms with Crippen LogP contribution in [0.4, 0.5) is 0 Å². The zero-order valence-electron chi connectivity index (χ0n) is 5.70. The van der Waals surface area contributed by atoms with Crippen molar-refractivity contribution in [1.82, 2.24) is 0 Å². The van der Waals surface area contributed by atoms with Crippen LogP contribution in [0.3, 0.4) is 0 Å². The van der Waals surface area contributed by atoms with E-state index in [1.54, 1.807) is 0 Å². The van der Waals surface area contributed by atoms with E-state index in [1.807, 2.05) is 0 Å². The molecule has 0 heteroatoms. The Balaban J connectivity index is 3.27. The molecule has 45 valence electrons. The summed E-state index contributed by atoms with van der Waals surface area (Å²) in [4.78, 5) is 0. The van der Waals surface area contributed by atoms with E-state index in [-0.39, 0.29) is 0 Å². The third-order valence-electron chi connectivity index (χ3n) is 1.07. The van der Waals surface area contributed by atoms with Crippen molar-refractivity contribution >= 4 is 0 Å². The molecule has 0 aromatic rings. The first kappa shape index (κ1) is 7.56. The predicted molar refractivity (Wildman–Crippen MR) is 37.2 cm³/mol. The largest absolute Gasteiger partial charge is 0.102 e. The lowest BCUT2D eigenvalue weighted by atomic mass is 10.1. The molecular formula is C8H13.